The fourth-order valence-corrected chi connectivity index (χ4v) is 3.13. The van der Waals surface area contributed by atoms with Crippen molar-refractivity contribution in [3.63, 3.8) is 0 Å². The summed E-state index contributed by atoms with van der Waals surface area (Å²) < 4.78 is 0.938. The topological polar surface area (TPSA) is 23.8 Å². The van der Waals surface area contributed by atoms with Crippen LogP contribution in [0.5, 0.6) is 0 Å². The average Bonchev–Trinajstić information content (AvgIpc) is 2.31. The van der Waals surface area contributed by atoms with Crippen molar-refractivity contribution >= 4 is 27.7 Å². The number of halogens is 1. The number of rotatable bonds is 2. The Labute approximate surface area is 114 Å². The summed E-state index contributed by atoms with van der Waals surface area (Å²) in [6, 6.07) is 16.2. The number of nitrogens with zero attached hydrogens (tertiary/aromatic N) is 1. The quantitative estimate of drug-likeness (QED) is 0.797. The van der Waals surface area contributed by atoms with Crippen LogP contribution in [0.1, 0.15) is 11.1 Å². The van der Waals surface area contributed by atoms with Crippen LogP contribution in [0.3, 0.4) is 0 Å². The van der Waals surface area contributed by atoms with Crippen LogP contribution in [-0.4, -0.2) is 0 Å². The van der Waals surface area contributed by atoms with Gasteiger partial charge < -0.3 is 0 Å². The lowest BCUT2D eigenvalue weighted by Crippen LogP contribution is -1.81. The highest BCUT2D eigenvalue weighted by Gasteiger charge is 2.03. The molecule has 0 saturated carbocycles. The Kier molecular flexibility index (Phi) is 3.88. The standard InChI is InChI=1S/C14H10BrNS/c1-10-4-2-3-5-14(10)17-13-7-11(9-16)6-12(15)8-13/h2-8H,1H3. The Hall–Kier alpha value is -1.24. The van der Waals surface area contributed by atoms with E-state index in [0.29, 0.717) is 5.56 Å². The van der Waals surface area contributed by atoms with Gasteiger partial charge in [-0.3, -0.25) is 0 Å². The van der Waals surface area contributed by atoms with Crippen LogP contribution in [0.15, 0.2) is 56.7 Å². The van der Waals surface area contributed by atoms with Crippen molar-refractivity contribution in [1.82, 2.24) is 0 Å². The van der Waals surface area contributed by atoms with E-state index in [1.807, 2.05) is 30.3 Å². The molecular formula is C14H10BrNS. The van der Waals surface area contributed by atoms with E-state index in [2.05, 4.69) is 41.1 Å². The van der Waals surface area contributed by atoms with Gasteiger partial charge in [0.2, 0.25) is 0 Å². The van der Waals surface area contributed by atoms with Gasteiger partial charge in [0, 0.05) is 14.3 Å². The van der Waals surface area contributed by atoms with Crippen molar-refractivity contribution in [3.05, 3.63) is 58.1 Å². The van der Waals surface area contributed by atoms with Crippen LogP contribution >= 0.6 is 27.7 Å². The summed E-state index contributed by atoms with van der Waals surface area (Å²) >= 11 is 5.10. The lowest BCUT2D eigenvalue weighted by atomic mass is 10.2. The molecule has 0 spiro atoms. The Balaban J connectivity index is 2.34. The molecule has 0 aromatic heterocycles. The van der Waals surface area contributed by atoms with Gasteiger partial charge in [-0.2, -0.15) is 5.26 Å². The van der Waals surface area contributed by atoms with Gasteiger partial charge in [0.25, 0.3) is 0 Å². The van der Waals surface area contributed by atoms with E-state index in [1.165, 1.54) is 10.5 Å². The van der Waals surface area contributed by atoms with Gasteiger partial charge in [-0.1, -0.05) is 45.9 Å². The van der Waals surface area contributed by atoms with Crippen LogP contribution in [0.4, 0.5) is 0 Å². The maximum atomic E-state index is 8.93. The van der Waals surface area contributed by atoms with Crippen molar-refractivity contribution in [1.29, 1.82) is 5.26 Å². The molecule has 0 aliphatic heterocycles. The van der Waals surface area contributed by atoms with Gasteiger partial charge in [-0.15, -0.1) is 0 Å². The first-order valence-corrected chi connectivity index (χ1v) is 6.74. The molecular weight excluding hydrogens is 294 g/mol. The molecule has 0 atom stereocenters. The Morgan fingerprint density at radius 1 is 1.18 bits per heavy atom. The molecule has 0 amide bonds. The summed E-state index contributed by atoms with van der Waals surface area (Å²) in [4.78, 5) is 2.29. The minimum Gasteiger partial charge on any atom is -0.192 e. The maximum Gasteiger partial charge on any atom is 0.0992 e. The fourth-order valence-electron chi connectivity index (χ4n) is 1.48. The van der Waals surface area contributed by atoms with Crippen LogP contribution in [-0.2, 0) is 0 Å². The van der Waals surface area contributed by atoms with E-state index in [0.717, 1.165) is 9.37 Å². The van der Waals surface area contributed by atoms with Crippen molar-refractivity contribution in [2.75, 3.05) is 0 Å². The van der Waals surface area contributed by atoms with Gasteiger partial charge in [0.15, 0.2) is 0 Å². The molecule has 17 heavy (non-hydrogen) atoms. The highest BCUT2D eigenvalue weighted by molar-refractivity contribution is 9.10. The van der Waals surface area contributed by atoms with Gasteiger partial charge >= 0.3 is 0 Å². The molecule has 0 saturated heterocycles. The SMILES string of the molecule is Cc1ccccc1Sc1cc(Br)cc(C#N)c1. The van der Waals surface area contributed by atoms with E-state index in [-0.39, 0.29) is 0 Å². The first-order chi connectivity index (χ1) is 8.19. The molecule has 0 radical (unpaired) electrons. The van der Waals surface area contributed by atoms with Crippen LogP contribution in [0.2, 0.25) is 0 Å². The van der Waals surface area contributed by atoms with Gasteiger partial charge in [-0.05, 0) is 36.8 Å². The smallest absolute Gasteiger partial charge is 0.0992 e. The van der Waals surface area contributed by atoms with Crippen molar-refractivity contribution in [2.45, 2.75) is 16.7 Å². The third-order valence-electron chi connectivity index (χ3n) is 2.32. The molecule has 0 heterocycles. The zero-order chi connectivity index (χ0) is 12.3. The number of benzene rings is 2. The van der Waals surface area contributed by atoms with E-state index >= 15 is 0 Å². The summed E-state index contributed by atoms with van der Waals surface area (Å²) in [5, 5.41) is 8.93. The molecule has 2 aromatic rings. The summed E-state index contributed by atoms with van der Waals surface area (Å²) in [6.07, 6.45) is 0. The highest BCUT2D eigenvalue weighted by Crippen LogP contribution is 2.32. The molecule has 84 valence electrons. The van der Waals surface area contributed by atoms with Crippen molar-refractivity contribution < 1.29 is 0 Å². The molecule has 0 aliphatic rings. The Bertz CT molecular complexity index is 587. The Morgan fingerprint density at radius 3 is 2.65 bits per heavy atom. The van der Waals surface area contributed by atoms with Crippen molar-refractivity contribution in [2.24, 2.45) is 0 Å². The second-order valence-electron chi connectivity index (χ2n) is 3.65. The average molecular weight is 304 g/mol. The first kappa shape index (κ1) is 12.2. The normalized spacial score (nSPS) is 9.94. The van der Waals surface area contributed by atoms with Gasteiger partial charge in [-0.25, -0.2) is 0 Å². The fraction of sp³-hybridized carbons (Fsp3) is 0.0714. The molecule has 0 bridgehead atoms. The first-order valence-electron chi connectivity index (χ1n) is 5.13. The second-order valence-corrected chi connectivity index (χ2v) is 5.69. The third-order valence-corrected chi connectivity index (χ3v) is 3.93. The van der Waals surface area contributed by atoms with E-state index in [9.17, 15) is 0 Å². The molecule has 0 fully saturated rings. The zero-order valence-electron chi connectivity index (χ0n) is 9.27. The minimum atomic E-state index is 0.676. The largest absolute Gasteiger partial charge is 0.192 e. The maximum absolute atomic E-state index is 8.93. The summed E-state index contributed by atoms with van der Waals surface area (Å²) in [5.41, 5.74) is 1.92. The number of nitriles is 1. The lowest BCUT2D eigenvalue weighted by molar-refractivity contribution is 1.29. The van der Waals surface area contributed by atoms with Crippen molar-refractivity contribution in [3.8, 4) is 6.07 Å². The molecule has 1 nitrogen and oxygen atoms in total. The molecule has 0 aliphatic carbocycles. The Morgan fingerprint density at radius 2 is 1.94 bits per heavy atom. The zero-order valence-corrected chi connectivity index (χ0v) is 11.7. The molecule has 0 N–H and O–H groups in total. The van der Waals surface area contributed by atoms with E-state index < -0.39 is 0 Å². The summed E-state index contributed by atoms with van der Waals surface area (Å²) in [7, 11) is 0. The second kappa shape index (κ2) is 5.39. The van der Waals surface area contributed by atoms with E-state index in [1.54, 1.807) is 11.8 Å². The molecule has 2 aromatic carbocycles. The minimum absolute atomic E-state index is 0.676. The third kappa shape index (κ3) is 3.12. The number of hydrogen-bond donors (Lipinski definition) is 0. The molecule has 0 unspecified atom stereocenters. The summed E-state index contributed by atoms with van der Waals surface area (Å²) in [6.45, 7) is 2.09. The lowest BCUT2D eigenvalue weighted by Gasteiger charge is -2.06. The number of aryl methyl sites for hydroxylation is 1. The van der Waals surface area contributed by atoms with Crippen LogP contribution in [0.25, 0.3) is 0 Å². The number of hydrogen-bond acceptors (Lipinski definition) is 2. The van der Waals surface area contributed by atoms with E-state index in [4.69, 9.17) is 5.26 Å². The summed E-state index contributed by atoms with van der Waals surface area (Å²) in [5.74, 6) is 0. The van der Waals surface area contributed by atoms with Gasteiger partial charge in [0.1, 0.15) is 0 Å². The highest BCUT2D eigenvalue weighted by atomic mass is 79.9. The predicted molar refractivity (Wildman–Crippen MR) is 74.2 cm³/mol. The van der Waals surface area contributed by atoms with Crippen LogP contribution in [0, 0.1) is 18.3 Å². The van der Waals surface area contributed by atoms with Crippen LogP contribution < -0.4 is 0 Å². The molecule has 2 rings (SSSR count). The van der Waals surface area contributed by atoms with Gasteiger partial charge in [0.05, 0.1) is 11.6 Å². The predicted octanol–water partition coefficient (Wildman–Crippen LogP) is 4.78. The monoisotopic (exact) mass is 303 g/mol. The molecule has 3 heteroatoms.